The Morgan fingerprint density at radius 2 is 2.35 bits per heavy atom. The van der Waals surface area contributed by atoms with Crippen LogP contribution in [0.3, 0.4) is 0 Å². The van der Waals surface area contributed by atoms with Gasteiger partial charge in [0.25, 0.3) is 0 Å². The predicted octanol–water partition coefficient (Wildman–Crippen LogP) is 2.36. The summed E-state index contributed by atoms with van der Waals surface area (Å²) in [6.45, 7) is 4.58. The SMILES string of the molecule is Cc1ccc([N+](=O)[O-])c(OCCC(=O)NC(C)C2CCCO2)c1. The molecule has 126 valence electrons. The molecule has 2 atom stereocenters. The highest BCUT2D eigenvalue weighted by Crippen LogP contribution is 2.27. The van der Waals surface area contributed by atoms with Gasteiger partial charge in [-0.05, 0) is 38.3 Å². The maximum Gasteiger partial charge on any atom is 0.310 e. The van der Waals surface area contributed by atoms with Gasteiger partial charge in [0.2, 0.25) is 5.91 Å². The van der Waals surface area contributed by atoms with Gasteiger partial charge in [0.05, 0.1) is 30.1 Å². The van der Waals surface area contributed by atoms with Crippen molar-refractivity contribution >= 4 is 11.6 Å². The maximum absolute atomic E-state index is 11.9. The Hall–Kier alpha value is -2.15. The van der Waals surface area contributed by atoms with E-state index >= 15 is 0 Å². The fraction of sp³-hybridized carbons (Fsp3) is 0.562. The molecule has 7 heteroatoms. The zero-order valence-corrected chi connectivity index (χ0v) is 13.4. The Balaban J connectivity index is 1.81. The Bertz CT molecular complexity index is 570. The summed E-state index contributed by atoms with van der Waals surface area (Å²) in [5, 5.41) is 13.8. The Kier molecular flexibility index (Phi) is 5.92. The summed E-state index contributed by atoms with van der Waals surface area (Å²) < 4.78 is 10.9. The molecule has 7 nitrogen and oxygen atoms in total. The van der Waals surface area contributed by atoms with Gasteiger partial charge in [0, 0.05) is 12.7 Å². The van der Waals surface area contributed by atoms with Gasteiger partial charge in [0.1, 0.15) is 0 Å². The summed E-state index contributed by atoms with van der Waals surface area (Å²) in [4.78, 5) is 22.4. The number of benzene rings is 1. The van der Waals surface area contributed by atoms with Crippen LogP contribution in [0.2, 0.25) is 0 Å². The molecule has 1 aromatic rings. The number of aryl methyl sites for hydroxylation is 1. The van der Waals surface area contributed by atoms with Crippen molar-refractivity contribution < 1.29 is 19.2 Å². The topological polar surface area (TPSA) is 90.7 Å². The minimum Gasteiger partial charge on any atom is -0.486 e. The van der Waals surface area contributed by atoms with Crippen LogP contribution in [0.5, 0.6) is 5.75 Å². The van der Waals surface area contributed by atoms with Crippen molar-refractivity contribution in [3.63, 3.8) is 0 Å². The van der Waals surface area contributed by atoms with Crippen molar-refractivity contribution in [1.82, 2.24) is 5.32 Å². The van der Waals surface area contributed by atoms with Crippen molar-refractivity contribution in [3.05, 3.63) is 33.9 Å². The van der Waals surface area contributed by atoms with E-state index in [1.807, 2.05) is 13.8 Å². The van der Waals surface area contributed by atoms with Crippen molar-refractivity contribution in [1.29, 1.82) is 0 Å². The van der Waals surface area contributed by atoms with E-state index in [-0.39, 0.29) is 42.5 Å². The fourth-order valence-corrected chi connectivity index (χ4v) is 2.56. The molecule has 1 fully saturated rings. The number of rotatable bonds is 7. The average Bonchev–Trinajstić information content (AvgIpc) is 3.01. The number of nitrogens with one attached hydrogen (secondary N) is 1. The van der Waals surface area contributed by atoms with E-state index in [0.717, 1.165) is 25.0 Å². The van der Waals surface area contributed by atoms with Crippen LogP contribution in [0.25, 0.3) is 0 Å². The molecule has 0 saturated carbocycles. The molecule has 1 aliphatic rings. The highest BCUT2D eigenvalue weighted by Gasteiger charge is 2.23. The summed E-state index contributed by atoms with van der Waals surface area (Å²) in [5.74, 6) is 0.0401. The van der Waals surface area contributed by atoms with Gasteiger partial charge in [-0.1, -0.05) is 6.07 Å². The van der Waals surface area contributed by atoms with E-state index in [9.17, 15) is 14.9 Å². The normalized spacial score (nSPS) is 18.4. The quantitative estimate of drug-likeness (QED) is 0.614. The molecule has 0 radical (unpaired) electrons. The number of ether oxygens (including phenoxy) is 2. The first-order valence-electron chi connectivity index (χ1n) is 7.76. The van der Waals surface area contributed by atoms with Gasteiger partial charge in [-0.25, -0.2) is 0 Å². The third-order valence-electron chi connectivity index (χ3n) is 3.81. The first-order chi connectivity index (χ1) is 11.0. The van der Waals surface area contributed by atoms with E-state index in [2.05, 4.69) is 5.32 Å². The monoisotopic (exact) mass is 322 g/mol. The molecule has 2 rings (SSSR count). The first kappa shape index (κ1) is 17.2. The lowest BCUT2D eigenvalue weighted by Crippen LogP contribution is -2.41. The molecule has 1 aromatic carbocycles. The number of carbonyl (C=O) groups excluding carboxylic acids is 1. The second-order valence-electron chi connectivity index (χ2n) is 5.73. The van der Waals surface area contributed by atoms with Crippen LogP contribution in [0.1, 0.15) is 31.7 Å². The lowest BCUT2D eigenvalue weighted by Gasteiger charge is -2.20. The van der Waals surface area contributed by atoms with E-state index in [0.29, 0.717) is 0 Å². The van der Waals surface area contributed by atoms with Gasteiger partial charge >= 0.3 is 5.69 Å². The van der Waals surface area contributed by atoms with Crippen LogP contribution >= 0.6 is 0 Å². The van der Waals surface area contributed by atoms with Crippen molar-refractivity contribution in [3.8, 4) is 5.75 Å². The van der Waals surface area contributed by atoms with E-state index < -0.39 is 4.92 Å². The lowest BCUT2D eigenvalue weighted by atomic mass is 10.1. The second kappa shape index (κ2) is 7.92. The van der Waals surface area contributed by atoms with Gasteiger partial charge in [-0.2, -0.15) is 0 Å². The van der Waals surface area contributed by atoms with Crippen LogP contribution in [0.15, 0.2) is 18.2 Å². The van der Waals surface area contributed by atoms with Crippen molar-refractivity contribution in [2.45, 2.75) is 45.3 Å². The first-order valence-corrected chi connectivity index (χ1v) is 7.76. The molecule has 0 aliphatic carbocycles. The zero-order chi connectivity index (χ0) is 16.8. The number of nitrogens with zero attached hydrogens (tertiary/aromatic N) is 1. The fourth-order valence-electron chi connectivity index (χ4n) is 2.56. The molecule has 1 amide bonds. The Labute approximate surface area is 135 Å². The highest BCUT2D eigenvalue weighted by atomic mass is 16.6. The summed E-state index contributed by atoms with van der Waals surface area (Å²) in [6.07, 6.45) is 2.18. The number of amides is 1. The van der Waals surface area contributed by atoms with Gasteiger partial charge in [-0.3, -0.25) is 14.9 Å². The van der Waals surface area contributed by atoms with Crippen LogP contribution < -0.4 is 10.1 Å². The molecule has 1 heterocycles. The lowest BCUT2D eigenvalue weighted by molar-refractivity contribution is -0.385. The molecule has 1 saturated heterocycles. The van der Waals surface area contributed by atoms with Gasteiger partial charge in [-0.15, -0.1) is 0 Å². The average molecular weight is 322 g/mol. The van der Waals surface area contributed by atoms with Crippen LogP contribution in [0, 0.1) is 17.0 Å². The van der Waals surface area contributed by atoms with Crippen molar-refractivity contribution in [2.75, 3.05) is 13.2 Å². The molecule has 0 bridgehead atoms. The van der Waals surface area contributed by atoms with Crippen LogP contribution in [-0.4, -0.2) is 36.2 Å². The maximum atomic E-state index is 11.9. The molecule has 2 unspecified atom stereocenters. The van der Waals surface area contributed by atoms with E-state index in [4.69, 9.17) is 9.47 Å². The smallest absolute Gasteiger partial charge is 0.310 e. The number of hydrogen-bond donors (Lipinski definition) is 1. The number of carbonyl (C=O) groups is 1. The van der Waals surface area contributed by atoms with Gasteiger partial charge < -0.3 is 14.8 Å². The van der Waals surface area contributed by atoms with E-state index in [1.165, 1.54) is 6.07 Å². The summed E-state index contributed by atoms with van der Waals surface area (Å²) in [7, 11) is 0. The summed E-state index contributed by atoms with van der Waals surface area (Å²) in [6, 6.07) is 4.62. The molecule has 0 spiro atoms. The molecular formula is C16H22N2O5. The highest BCUT2D eigenvalue weighted by molar-refractivity contribution is 5.76. The molecule has 23 heavy (non-hydrogen) atoms. The zero-order valence-electron chi connectivity index (χ0n) is 13.4. The largest absolute Gasteiger partial charge is 0.486 e. The Morgan fingerprint density at radius 1 is 1.57 bits per heavy atom. The third kappa shape index (κ3) is 4.92. The second-order valence-corrected chi connectivity index (χ2v) is 5.73. The minimum atomic E-state index is -0.492. The predicted molar refractivity (Wildman–Crippen MR) is 84.5 cm³/mol. The Morgan fingerprint density at radius 3 is 3.00 bits per heavy atom. The molecule has 1 N–H and O–H groups in total. The third-order valence-corrected chi connectivity index (χ3v) is 3.81. The number of nitro groups is 1. The standard InChI is InChI=1S/C16H22N2O5/c1-11-5-6-13(18(20)21)15(10-11)23-9-7-16(19)17-12(2)14-4-3-8-22-14/h5-6,10,12,14H,3-4,7-9H2,1-2H3,(H,17,19). The van der Waals surface area contributed by atoms with Crippen LogP contribution in [-0.2, 0) is 9.53 Å². The molecule has 0 aromatic heterocycles. The number of nitro benzene ring substituents is 1. The minimum absolute atomic E-state index is 0.0432. The van der Waals surface area contributed by atoms with E-state index in [1.54, 1.807) is 12.1 Å². The van der Waals surface area contributed by atoms with Crippen molar-refractivity contribution in [2.24, 2.45) is 0 Å². The van der Waals surface area contributed by atoms with Gasteiger partial charge in [0.15, 0.2) is 5.75 Å². The number of hydrogen-bond acceptors (Lipinski definition) is 5. The van der Waals surface area contributed by atoms with Crippen LogP contribution in [0.4, 0.5) is 5.69 Å². The summed E-state index contributed by atoms with van der Waals surface area (Å²) >= 11 is 0. The summed E-state index contributed by atoms with van der Waals surface area (Å²) in [5.41, 5.74) is 0.769. The molecule has 1 aliphatic heterocycles. The molecular weight excluding hydrogens is 300 g/mol.